The Hall–Kier alpha value is -1.20. The van der Waals surface area contributed by atoms with Crippen molar-refractivity contribution in [2.45, 2.75) is 49.7 Å². The van der Waals surface area contributed by atoms with Gasteiger partial charge >= 0.3 is 107 Å². The molecule has 0 amide bonds. The first-order chi connectivity index (χ1) is 14.5. The Bertz CT molecular complexity index is 746. The molecule has 20 heteroatoms. The molecule has 0 saturated heterocycles. The van der Waals surface area contributed by atoms with E-state index in [4.69, 9.17) is 30.6 Å². The van der Waals surface area contributed by atoms with Gasteiger partial charge < -0.3 is 40.1 Å². The van der Waals surface area contributed by atoms with Gasteiger partial charge in [-0.2, -0.15) is 0 Å². The zero-order valence-corrected chi connectivity index (χ0v) is 18.9. The number of hydrogen-bond donors (Lipinski definition) is 6. The maximum atomic E-state index is 11.9. The van der Waals surface area contributed by atoms with E-state index in [1.165, 1.54) is 0 Å². The van der Waals surface area contributed by atoms with Crippen molar-refractivity contribution in [1.82, 2.24) is 0 Å². The average Bonchev–Trinajstić information content (AvgIpc) is 2.57. The first-order valence-electron chi connectivity index (χ1n) is 8.33. The van der Waals surface area contributed by atoms with Crippen LogP contribution in [0.1, 0.15) is 38.5 Å². The van der Waals surface area contributed by atoms with Crippen LogP contribution < -0.4 is 0 Å². The van der Waals surface area contributed by atoms with E-state index in [9.17, 15) is 38.4 Å². The van der Waals surface area contributed by atoms with E-state index in [1.54, 1.807) is 0 Å². The molecular weight excluding hydrogens is 606 g/mol. The molecule has 0 aromatic rings. The third-order valence-corrected chi connectivity index (χ3v) is 3.68. The molecule has 0 heterocycles. The number of rotatable bonds is 15. The molecule has 0 aliphatic carbocycles. The second-order valence-electron chi connectivity index (χ2n) is 6.33. The van der Waals surface area contributed by atoms with Gasteiger partial charge in [0.1, 0.15) is 0 Å². The monoisotopic (exact) mass is 626 g/mol. The summed E-state index contributed by atoms with van der Waals surface area (Å²) in [5.41, 5.74) is -6.04. The predicted molar refractivity (Wildman–Crippen MR) is 105 cm³/mol. The van der Waals surface area contributed by atoms with Crippen molar-refractivity contribution in [1.29, 1.82) is 0 Å². The number of carbonyl (C=O) groups excluding carboxylic acids is 2. The quantitative estimate of drug-likeness (QED) is 0.0786. The van der Waals surface area contributed by atoms with Gasteiger partial charge in [-0.25, -0.2) is 9.59 Å². The molecule has 0 aromatic heterocycles. The molecule has 6 N–H and O–H groups in total. The SMILES string of the molecule is O=C(O)CC(CC(=O)O)(OC(=O)CCC(=O)OC(CC(=O)O)(CC(=O)O)C(=O)O)C(=O)O.[Fe].[Fe].[NaH].[NaH]. The number of carbonyl (C=O) groups is 8. The van der Waals surface area contributed by atoms with Gasteiger partial charge in [0, 0.05) is 34.1 Å². The van der Waals surface area contributed by atoms with Crippen molar-refractivity contribution in [3.05, 3.63) is 0 Å². The molecular formula is C16H20Fe2Na2O16. The van der Waals surface area contributed by atoms with Crippen molar-refractivity contribution in [2.75, 3.05) is 0 Å². The van der Waals surface area contributed by atoms with Crippen LogP contribution in [0.25, 0.3) is 0 Å². The molecule has 0 atom stereocenters. The summed E-state index contributed by atoms with van der Waals surface area (Å²) in [6.45, 7) is 0. The van der Waals surface area contributed by atoms with Gasteiger partial charge in [-0.3, -0.25) is 28.8 Å². The second-order valence-corrected chi connectivity index (χ2v) is 6.33. The number of esters is 2. The Labute approximate surface area is 267 Å². The van der Waals surface area contributed by atoms with Crippen molar-refractivity contribution < 1.29 is 113 Å². The Morgan fingerprint density at radius 3 is 0.806 bits per heavy atom. The first kappa shape index (κ1) is 44.8. The van der Waals surface area contributed by atoms with E-state index in [2.05, 4.69) is 9.47 Å². The maximum absolute atomic E-state index is 11.9. The molecule has 198 valence electrons. The van der Waals surface area contributed by atoms with Crippen LogP contribution in [0.3, 0.4) is 0 Å². The van der Waals surface area contributed by atoms with Crippen LogP contribution in [0.4, 0.5) is 0 Å². The van der Waals surface area contributed by atoms with Crippen molar-refractivity contribution >= 4 is 107 Å². The zero-order chi connectivity index (χ0) is 25.3. The van der Waals surface area contributed by atoms with Crippen molar-refractivity contribution in [3.8, 4) is 0 Å². The summed E-state index contributed by atoms with van der Waals surface area (Å²) in [6.07, 6.45) is -7.89. The van der Waals surface area contributed by atoms with E-state index in [0.29, 0.717) is 0 Å². The normalized spacial score (nSPS) is 9.89. The Balaban J connectivity index is -0.000000801. The number of aliphatic carboxylic acids is 6. The molecule has 0 aliphatic rings. The summed E-state index contributed by atoms with van der Waals surface area (Å²) < 4.78 is 8.93. The summed E-state index contributed by atoms with van der Waals surface area (Å²) in [4.78, 5) is 90.0. The fourth-order valence-electron chi connectivity index (χ4n) is 2.38. The van der Waals surface area contributed by atoms with Crippen LogP contribution in [0.15, 0.2) is 0 Å². The Kier molecular flexibility index (Phi) is 24.7. The third kappa shape index (κ3) is 15.8. The molecule has 0 saturated carbocycles. The molecule has 0 aromatic carbocycles. The van der Waals surface area contributed by atoms with Gasteiger partial charge in [0.05, 0.1) is 38.5 Å². The van der Waals surface area contributed by atoms with Crippen LogP contribution in [-0.2, 0) is 82.0 Å². The molecule has 0 bridgehead atoms. The van der Waals surface area contributed by atoms with Gasteiger partial charge in [-0.15, -0.1) is 0 Å². The first-order valence-corrected chi connectivity index (χ1v) is 8.33. The molecule has 0 radical (unpaired) electrons. The minimum atomic E-state index is -3.02. The second kappa shape index (κ2) is 19.8. The summed E-state index contributed by atoms with van der Waals surface area (Å²) in [5, 5.41) is 53.5. The number of carboxylic acid groups (broad SMARTS) is 6. The third-order valence-electron chi connectivity index (χ3n) is 3.68. The van der Waals surface area contributed by atoms with Crippen LogP contribution in [0.2, 0.25) is 0 Å². The Morgan fingerprint density at radius 2 is 0.667 bits per heavy atom. The predicted octanol–water partition coefficient (Wildman–Crippen LogP) is -2.90. The zero-order valence-electron chi connectivity index (χ0n) is 16.7. The molecule has 0 spiro atoms. The van der Waals surface area contributed by atoms with Crippen molar-refractivity contribution in [2.24, 2.45) is 0 Å². The fourth-order valence-corrected chi connectivity index (χ4v) is 2.38. The van der Waals surface area contributed by atoms with E-state index in [-0.39, 0.29) is 93.3 Å². The summed E-state index contributed by atoms with van der Waals surface area (Å²) in [6, 6.07) is 0. The van der Waals surface area contributed by atoms with E-state index < -0.39 is 97.5 Å². The van der Waals surface area contributed by atoms with Crippen LogP contribution >= 0.6 is 0 Å². The van der Waals surface area contributed by atoms with Crippen LogP contribution in [0, 0.1) is 0 Å². The van der Waals surface area contributed by atoms with Crippen molar-refractivity contribution in [3.63, 3.8) is 0 Å². The molecule has 36 heavy (non-hydrogen) atoms. The topological polar surface area (TPSA) is 276 Å². The van der Waals surface area contributed by atoms with Crippen LogP contribution in [0.5, 0.6) is 0 Å². The fraction of sp³-hybridized carbons (Fsp3) is 0.500. The van der Waals surface area contributed by atoms with E-state index in [0.717, 1.165) is 0 Å². The number of hydrogen-bond acceptors (Lipinski definition) is 10. The van der Waals surface area contributed by atoms with Gasteiger partial charge in [0.25, 0.3) is 0 Å². The molecule has 0 fully saturated rings. The van der Waals surface area contributed by atoms with Gasteiger partial charge in [-0.1, -0.05) is 0 Å². The standard InChI is InChI=1S/C16H18O16.2Fe.2Na.2H/c17-7(18)3-15(13(27)28,4-8(19)20)31-11(25)1-2-12(26)32-16(14(29)30,5-9(21)22)6-10(23)24;;;;;;/h1-6H2,(H,17,18)(H,19,20)(H,21,22)(H,23,24)(H,27,28)(H,29,30);;;;;;. The Morgan fingerprint density at radius 1 is 0.472 bits per heavy atom. The molecule has 0 aliphatic heterocycles. The summed E-state index contributed by atoms with van der Waals surface area (Å²) in [5.74, 6) is -14.7. The van der Waals surface area contributed by atoms with Gasteiger partial charge in [-0.05, 0) is 0 Å². The van der Waals surface area contributed by atoms with E-state index >= 15 is 0 Å². The summed E-state index contributed by atoms with van der Waals surface area (Å²) in [7, 11) is 0. The minimum absolute atomic E-state index is 0. The summed E-state index contributed by atoms with van der Waals surface area (Å²) >= 11 is 0. The number of ether oxygens (including phenoxy) is 2. The molecule has 16 nitrogen and oxygen atoms in total. The van der Waals surface area contributed by atoms with Gasteiger partial charge in [0.2, 0.25) is 11.2 Å². The van der Waals surface area contributed by atoms with Crippen LogP contribution in [-0.4, -0.2) is 149 Å². The van der Waals surface area contributed by atoms with E-state index in [1.807, 2.05) is 0 Å². The molecule has 0 unspecified atom stereocenters. The molecule has 0 rings (SSSR count). The van der Waals surface area contributed by atoms with Gasteiger partial charge in [0.15, 0.2) is 0 Å². The average molecular weight is 626 g/mol. The number of carboxylic acids is 6.